The summed E-state index contributed by atoms with van der Waals surface area (Å²) in [5, 5.41) is 6.25. The van der Waals surface area contributed by atoms with Gasteiger partial charge in [0.05, 0.1) is 26.1 Å². The van der Waals surface area contributed by atoms with Gasteiger partial charge in [-0.15, -0.1) is 0 Å². The molecule has 7 nitrogen and oxygen atoms in total. The Morgan fingerprint density at radius 1 is 1.39 bits per heavy atom. The van der Waals surface area contributed by atoms with Crippen molar-refractivity contribution in [2.75, 3.05) is 13.7 Å². The highest BCUT2D eigenvalue weighted by atomic mass is 79.9. The lowest BCUT2D eigenvalue weighted by Crippen LogP contribution is -2.34. The zero-order valence-corrected chi connectivity index (χ0v) is 13.8. The standard InChI is InChI=1S/C15H14BrN3O4/c1-22-12-5-4-11(16)7-10(12)8-18-19-14(20)9-17-15(21)13-3-2-6-23-13/h2-8H,9H2,1H3,(H,17,21)(H,19,20)/b18-8-. The van der Waals surface area contributed by atoms with Crippen molar-refractivity contribution in [1.29, 1.82) is 0 Å². The SMILES string of the molecule is COc1ccc(Br)cc1/C=N\NC(=O)CNC(=O)c1ccco1. The molecule has 0 fully saturated rings. The van der Waals surface area contributed by atoms with Gasteiger partial charge >= 0.3 is 0 Å². The number of amides is 2. The second kappa shape index (κ2) is 8.14. The van der Waals surface area contributed by atoms with Gasteiger partial charge in [0.15, 0.2) is 5.76 Å². The summed E-state index contributed by atoms with van der Waals surface area (Å²) < 4.78 is 11.0. The number of hydrogen-bond acceptors (Lipinski definition) is 5. The first-order valence-corrected chi connectivity index (χ1v) is 7.36. The van der Waals surface area contributed by atoms with Crippen molar-refractivity contribution in [2.24, 2.45) is 5.10 Å². The molecule has 0 spiro atoms. The second-order valence-electron chi connectivity index (χ2n) is 4.34. The van der Waals surface area contributed by atoms with Crippen LogP contribution in [0, 0.1) is 0 Å². The largest absolute Gasteiger partial charge is 0.496 e. The van der Waals surface area contributed by atoms with Crippen molar-refractivity contribution in [3.05, 3.63) is 52.4 Å². The molecule has 0 radical (unpaired) electrons. The van der Waals surface area contributed by atoms with Crippen molar-refractivity contribution < 1.29 is 18.7 Å². The third-order valence-corrected chi connectivity index (χ3v) is 3.23. The van der Waals surface area contributed by atoms with Crippen LogP contribution in [-0.4, -0.2) is 31.7 Å². The van der Waals surface area contributed by atoms with Crippen LogP contribution >= 0.6 is 15.9 Å². The predicted molar refractivity (Wildman–Crippen MR) is 87.5 cm³/mol. The second-order valence-corrected chi connectivity index (χ2v) is 5.26. The van der Waals surface area contributed by atoms with E-state index >= 15 is 0 Å². The average Bonchev–Trinajstić information content (AvgIpc) is 3.07. The van der Waals surface area contributed by atoms with E-state index in [9.17, 15) is 9.59 Å². The maximum absolute atomic E-state index is 11.6. The Morgan fingerprint density at radius 2 is 2.22 bits per heavy atom. The zero-order valence-electron chi connectivity index (χ0n) is 12.2. The van der Waals surface area contributed by atoms with E-state index in [4.69, 9.17) is 9.15 Å². The molecule has 23 heavy (non-hydrogen) atoms. The van der Waals surface area contributed by atoms with Gasteiger partial charge < -0.3 is 14.5 Å². The number of carbonyl (C=O) groups excluding carboxylic acids is 2. The third kappa shape index (κ3) is 4.96. The number of benzene rings is 1. The molecule has 0 aliphatic heterocycles. The average molecular weight is 380 g/mol. The van der Waals surface area contributed by atoms with Gasteiger partial charge in [0.1, 0.15) is 5.75 Å². The number of ether oxygens (including phenoxy) is 1. The topological polar surface area (TPSA) is 92.9 Å². The number of furan rings is 1. The van der Waals surface area contributed by atoms with Crippen LogP contribution in [0.15, 0.2) is 50.6 Å². The first-order valence-electron chi connectivity index (χ1n) is 6.57. The number of hydrazone groups is 1. The predicted octanol–water partition coefficient (Wildman–Crippen LogP) is 1.93. The fourth-order valence-electron chi connectivity index (χ4n) is 1.67. The van der Waals surface area contributed by atoms with Gasteiger partial charge in [0.2, 0.25) is 0 Å². The number of rotatable bonds is 6. The summed E-state index contributed by atoms with van der Waals surface area (Å²) >= 11 is 3.35. The summed E-state index contributed by atoms with van der Waals surface area (Å²) in [4.78, 5) is 23.2. The summed E-state index contributed by atoms with van der Waals surface area (Å²) in [5.41, 5.74) is 3.01. The highest BCUT2D eigenvalue weighted by Gasteiger charge is 2.09. The van der Waals surface area contributed by atoms with Gasteiger partial charge in [-0.1, -0.05) is 15.9 Å². The Hall–Kier alpha value is -2.61. The fraction of sp³-hybridized carbons (Fsp3) is 0.133. The van der Waals surface area contributed by atoms with Crippen LogP contribution in [0.5, 0.6) is 5.75 Å². The van der Waals surface area contributed by atoms with Crippen LogP contribution in [-0.2, 0) is 4.79 Å². The number of nitrogens with zero attached hydrogens (tertiary/aromatic N) is 1. The molecule has 8 heteroatoms. The molecule has 2 rings (SSSR count). The van der Waals surface area contributed by atoms with Gasteiger partial charge in [-0.2, -0.15) is 5.10 Å². The molecule has 0 saturated heterocycles. The Bertz CT molecular complexity index is 714. The highest BCUT2D eigenvalue weighted by Crippen LogP contribution is 2.21. The van der Waals surface area contributed by atoms with Crippen LogP contribution in [0.3, 0.4) is 0 Å². The Labute approximate surface area is 140 Å². The van der Waals surface area contributed by atoms with E-state index in [2.05, 4.69) is 31.8 Å². The minimum absolute atomic E-state index is 0.139. The molecule has 0 unspecified atom stereocenters. The Balaban J connectivity index is 1.84. The lowest BCUT2D eigenvalue weighted by molar-refractivity contribution is -0.120. The molecule has 2 N–H and O–H groups in total. The summed E-state index contributed by atoms with van der Waals surface area (Å²) in [5.74, 6) is -0.171. The maximum atomic E-state index is 11.6. The van der Waals surface area contributed by atoms with Gasteiger partial charge in [-0.3, -0.25) is 9.59 Å². The van der Waals surface area contributed by atoms with Crippen molar-refractivity contribution in [3.63, 3.8) is 0 Å². The normalized spacial score (nSPS) is 10.5. The van der Waals surface area contributed by atoms with Crippen LogP contribution in [0.25, 0.3) is 0 Å². The summed E-state index contributed by atoms with van der Waals surface area (Å²) in [6.45, 7) is -0.216. The van der Waals surface area contributed by atoms with E-state index < -0.39 is 11.8 Å². The van der Waals surface area contributed by atoms with Gasteiger partial charge in [0.25, 0.3) is 11.8 Å². The lowest BCUT2D eigenvalue weighted by atomic mass is 10.2. The van der Waals surface area contributed by atoms with Gasteiger partial charge in [-0.05, 0) is 30.3 Å². The van der Waals surface area contributed by atoms with E-state index in [0.717, 1.165) is 4.47 Å². The molecular weight excluding hydrogens is 366 g/mol. The fourth-order valence-corrected chi connectivity index (χ4v) is 2.05. The lowest BCUT2D eigenvalue weighted by Gasteiger charge is -2.05. The molecule has 0 bridgehead atoms. The number of carbonyl (C=O) groups is 2. The van der Waals surface area contributed by atoms with E-state index in [-0.39, 0.29) is 12.3 Å². The molecule has 1 heterocycles. The van der Waals surface area contributed by atoms with Crippen molar-refractivity contribution in [3.8, 4) is 5.75 Å². The highest BCUT2D eigenvalue weighted by molar-refractivity contribution is 9.10. The molecule has 2 aromatic rings. The van der Waals surface area contributed by atoms with Crippen LogP contribution < -0.4 is 15.5 Å². The quantitative estimate of drug-likeness (QED) is 0.592. The minimum atomic E-state index is -0.470. The Kier molecular flexibility index (Phi) is 5.93. The zero-order chi connectivity index (χ0) is 16.7. The monoisotopic (exact) mass is 379 g/mol. The minimum Gasteiger partial charge on any atom is -0.496 e. The van der Waals surface area contributed by atoms with E-state index in [1.54, 1.807) is 25.3 Å². The summed E-state index contributed by atoms with van der Waals surface area (Å²) in [6.07, 6.45) is 2.83. The first-order chi connectivity index (χ1) is 11.1. The van der Waals surface area contributed by atoms with Crippen LogP contribution in [0.2, 0.25) is 0 Å². The van der Waals surface area contributed by atoms with Crippen molar-refractivity contribution in [2.45, 2.75) is 0 Å². The number of nitrogens with one attached hydrogen (secondary N) is 2. The van der Waals surface area contributed by atoms with Crippen LogP contribution in [0.4, 0.5) is 0 Å². The molecular formula is C15H14BrN3O4. The van der Waals surface area contributed by atoms with Crippen molar-refractivity contribution in [1.82, 2.24) is 10.7 Å². The van der Waals surface area contributed by atoms with Crippen LogP contribution in [0.1, 0.15) is 16.1 Å². The van der Waals surface area contributed by atoms with E-state index in [1.807, 2.05) is 6.07 Å². The van der Waals surface area contributed by atoms with E-state index in [1.165, 1.54) is 18.5 Å². The maximum Gasteiger partial charge on any atom is 0.287 e. The molecule has 1 aromatic heterocycles. The molecule has 0 atom stereocenters. The molecule has 0 aliphatic rings. The summed E-state index contributed by atoms with van der Waals surface area (Å²) in [6, 6.07) is 8.50. The molecule has 120 valence electrons. The third-order valence-electron chi connectivity index (χ3n) is 2.74. The first kappa shape index (κ1) is 16.8. The Morgan fingerprint density at radius 3 is 2.91 bits per heavy atom. The summed E-state index contributed by atoms with van der Waals surface area (Å²) in [7, 11) is 1.54. The molecule has 0 aliphatic carbocycles. The van der Waals surface area contributed by atoms with E-state index in [0.29, 0.717) is 11.3 Å². The van der Waals surface area contributed by atoms with Gasteiger partial charge in [0, 0.05) is 10.0 Å². The number of methoxy groups -OCH3 is 1. The van der Waals surface area contributed by atoms with Crippen molar-refractivity contribution >= 4 is 34.0 Å². The number of halogens is 1. The molecule has 2 amide bonds. The smallest absolute Gasteiger partial charge is 0.287 e. The molecule has 1 aromatic carbocycles. The molecule has 0 saturated carbocycles. The number of hydrogen-bond donors (Lipinski definition) is 2. The van der Waals surface area contributed by atoms with Gasteiger partial charge in [-0.25, -0.2) is 5.43 Å².